The van der Waals surface area contributed by atoms with Crippen LogP contribution in [-0.4, -0.2) is 37.5 Å². The van der Waals surface area contributed by atoms with Gasteiger partial charge in [0.05, 0.1) is 5.25 Å². The fraction of sp³-hybridized carbons (Fsp3) is 0.190. The number of benzene rings is 2. The molecule has 0 saturated heterocycles. The Hall–Kier alpha value is -3.47. The van der Waals surface area contributed by atoms with Crippen LogP contribution < -0.4 is 5.32 Å². The number of nitrogens with zero attached hydrogens (tertiary/aromatic N) is 3. The summed E-state index contributed by atoms with van der Waals surface area (Å²) in [5.41, 5.74) is 1.33. The Labute approximate surface area is 184 Å². The molecule has 1 heterocycles. The molecule has 1 aromatic heterocycles. The topological polar surface area (TPSA) is 93.9 Å². The lowest BCUT2D eigenvalue weighted by Gasteiger charge is -2.18. The zero-order valence-corrected chi connectivity index (χ0v) is 17.5. The van der Waals surface area contributed by atoms with Crippen molar-refractivity contribution >= 4 is 34.9 Å². The molecule has 3 aromatic rings. The number of hydrogen-bond acceptors (Lipinski definition) is 6. The van der Waals surface area contributed by atoms with Crippen molar-refractivity contribution in [2.45, 2.75) is 23.5 Å². The third-order valence-electron chi connectivity index (χ3n) is 4.93. The zero-order chi connectivity index (χ0) is 23.2. The monoisotopic (exact) mass is 460 g/mol. The van der Waals surface area contributed by atoms with Gasteiger partial charge in [0.2, 0.25) is 11.7 Å². The van der Waals surface area contributed by atoms with Crippen LogP contribution in [0.3, 0.4) is 0 Å². The molecule has 2 aromatic carbocycles. The van der Waals surface area contributed by atoms with Gasteiger partial charge in [-0.05, 0) is 25.1 Å². The van der Waals surface area contributed by atoms with Gasteiger partial charge in [-0.25, -0.2) is 0 Å². The molecular formula is C21H15F3N4O3S. The lowest BCUT2D eigenvalue weighted by molar-refractivity contribution is -0.147. The SMILES string of the molecule is C[C@H](Sc1nnc(C(F)(F)F)n1C)C(=O)Nc1ccc2c(c1)C(=O)c1ccccc1C2=O. The number of thioether (sulfide) groups is 1. The van der Waals surface area contributed by atoms with E-state index in [2.05, 4.69) is 15.5 Å². The van der Waals surface area contributed by atoms with Crippen molar-refractivity contribution in [2.75, 3.05) is 5.32 Å². The molecule has 32 heavy (non-hydrogen) atoms. The molecule has 164 valence electrons. The van der Waals surface area contributed by atoms with Crippen LogP contribution in [0.1, 0.15) is 44.6 Å². The number of rotatable bonds is 4. The second-order valence-electron chi connectivity index (χ2n) is 7.08. The highest BCUT2D eigenvalue weighted by Crippen LogP contribution is 2.32. The van der Waals surface area contributed by atoms with Gasteiger partial charge in [0, 0.05) is 35.0 Å². The van der Waals surface area contributed by atoms with Crippen molar-refractivity contribution in [1.29, 1.82) is 0 Å². The minimum Gasteiger partial charge on any atom is -0.325 e. The van der Waals surface area contributed by atoms with E-state index in [1.54, 1.807) is 24.3 Å². The molecule has 1 aliphatic carbocycles. The molecule has 0 aliphatic heterocycles. The average Bonchev–Trinajstić information content (AvgIpc) is 3.12. The van der Waals surface area contributed by atoms with Crippen LogP contribution in [0.25, 0.3) is 0 Å². The Morgan fingerprint density at radius 1 is 1.00 bits per heavy atom. The standard InChI is InChI=1S/C21H15F3N4O3S/c1-10(32-20-27-26-19(28(20)2)21(22,23)24)18(31)25-11-7-8-14-15(9-11)17(30)13-6-4-3-5-12(13)16(14)29/h3-10H,1-2H3,(H,25,31)/t10-/m0/s1. The Morgan fingerprint density at radius 2 is 1.59 bits per heavy atom. The Kier molecular flexibility index (Phi) is 5.37. The number of carbonyl (C=O) groups is 3. The van der Waals surface area contributed by atoms with Crippen LogP contribution in [0, 0.1) is 0 Å². The maximum atomic E-state index is 12.9. The van der Waals surface area contributed by atoms with Gasteiger partial charge in [-0.1, -0.05) is 36.0 Å². The van der Waals surface area contributed by atoms with Crippen LogP contribution in [0.4, 0.5) is 18.9 Å². The predicted octanol–water partition coefficient (Wildman–Crippen LogP) is 3.73. The van der Waals surface area contributed by atoms with Crippen molar-refractivity contribution in [2.24, 2.45) is 7.05 Å². The molecule has 1 aliphatic rings. The van der Waals surface area contributed by atoms with E-state index < -0.39 is 23.2 Å². The fourth-order valence-corrected chi connectivity index (χ4v) is 4.11. The van der Waals surface area contributed by atoms with Gasteiger partial charge in [0.1, 0.15) is 0 Å². The first kappa shape index (κ1) is 21.8. The second kappa shape index (κ2) is 7.90. The molecule has 0 saturated carbocycles. The largest absolute Gasteiger partial charge is 0.451 e. The normalized spacial score (nSPS) is 14.0. The first-order chi connectivity index (χ1) is 15.1. The molecular weight excluding hydrogens is 445 g/mol. The molecule has 0 fully saturated rings. The number of halogens is 3. The zero-order valence-electron chi connectivity index (χ0n) is 16.7. The van der Waals surface area contributed by atoms with Crippen LogP contribution >= 0.6 is 11.8 Å². The maximum absolute atomic E-state index is 12.9. The molecule has 1 N–H and O–H groups in total. The van der Waals surface area contributed by atoms with Crippen molar-refractivity contribution in [3.8, 4) is 0 Å². The number of anilines is 1. The number of hydrogen-bond donors (Lipinski definition) is 1. The summed E-state index contributed by atoms with van der Waals surface area (Å²) in [5.74, 6) is -2.28. The number of nitrogens with one attached hydrogen (secondary N) is 1. The highest BCUT2D eigenvalue weighted by atomic mass is 32.2. The van der Waals surface area contributed by atoms with E-state index in [0.29, 0.717) is 11.1 Å². The molecule has 0 bridgehead atoms. The maximum Gasteiger partial charge on any atom is 0.451 e. The molecule has 1 atom stereocenters. The third-order valence-corrected chi connectivity index (χ3v) is 6.07. The second-order valence-corrected chi connectivity index (χ2v) is 8.38. The van der Waals surface area contributed by atoms with E-state index in [1.165, 1.54) is 32.2 Å². The molecule has 0 radical (unpaired) electrons. The summed E-state index contributed by atoms with van der Waals surface area (Å²) in [6, 6.07) is 10.9. The quantitative estimate of drug-likeness (QED) is 0.467. The predicted molar refractivity (Wildman–Crippen MR) is 110 cm³/mol. The van der Waals surface area contributed by atoms with E-state index in [4.69, 9.17) is 0 Å². The van der Waals surface area contributed by atoms with Gasteiger partial charge < -0.3 is 9.88 Å². The highest BCUT2D eigenvalue weighted by molar-refractivity contribution is 8.00. The molecule has 0 spiro atoms. The number of fused-ring (bicyclic) bond motifs is 2. The van der Waals surface area contributed by atoms with E-state index in [-0.39, 0.29) is 33.5 Å². The Bertz CT molecular complexity index is 1270. The number of amides is 1. The number of carbonyl (C=O) groups excluding carboxylic acids is 3. The molecule has 7 nitrogen and oxygen atoms in total. The number of ketones is 2. The minimum absolute atomic E-state index is 0.0669. The van der Waals surface area contributed by atoms with E-state index in [9.17, 15) is 27.6 Å². The van der Waals surface area contributed by atoms with Gasteiger partial charge in [-0.15, -0.1) is 10.2 Å². The lowest BCUT2D eigenvalue weighted by Crippen LogP contribution is -2.24. The van der Waals surface area contributed by atoms with Crippen molar-refractivity contribution in [1.82, 2.24) is 14.8 Å². The van der Waals surface area contributed by atoms with Crippen LogP contribution in [0.5, 0.6) is 0 Å². The molecule has 0 unspecified atom stereocenters. The number of alkyl halides is 3. The van der Waals surface area contributed by atoms with E-state index >= 15 is 0 Å². The highest BCUT2D eigenvalue weighted by Gasteiger charge is 2.38. The summed E-state index contributed by atoms with van der Waals surface area (Å²) in [6.07, 6.45) is -4.65. The van der Waals surface area contributed by atoms with E-state index in [0.717, 1.165) is 16.3 Å². The number of aromatic nitrogens is 3. The average molecular weight is 460 g/mol. The minimum atomic E-state index is -4.65. The summed E-state index contributed by atoms with van der Waals surface area (Å²) in [5, 5.41) is 8.38. The van der Waals surface area contributed by atoms with Crippen LogP contribution in [0.2, 0.25) is 0 Å². The van der Waals surface area contributed by atoms with Gasteiger partial charge in [0.15, 0.2) is 16.7 Å². The van der Waals surface area contributed by atoms with Gasteiger partial charge in [0.25, 0.3) is 0 Å². The van der Waals surface area contributed by atoms with Crippen molar-refractivity contribution in [3.05, 3.63) is 70.5 Å². The lowest BCUT2D eigenvalue weighted by atomic mass is 9.84. The Morgan fingerprint density at radius 3 is 2.19 bits per heavy atom. The van der Waals surface area contributed by atoms with E-state index in [1.807, 2.05) is 0 Å². The van der Waals surface area contributed by atoms with Gasteiger partial charge in [-0.3, -0.25) is 14.4 Å². The smallest absolute Gasteiger partial charge is 0.325 e. The third kappa shape index (κ3) is 3.79. The molecule has 11 heteroatoms. The molecule has 4 rings (SSSR count). The summed E-state index contributed by atoms with van der Waals surface area (Å²) in [6.45, 7) is 1.51. The van der Waals surface area contributed by atoms with Crippen molar-refractivity contribution in [3.63, 3.8) is 0 Å². The molecule has 1 amide bonds. The first-order valence-corrected chi connectivity index (χ1v) is 10.2. The summed E-state index contributed by atoms with van der Waals surface area (Å²) in [7, 11) is 1.17. The summed E-state index contributed by atoms with van der Waals surface area (Å²) >= 11 is 0.811. The van der Waals surface area contributed by atoms with Crippen molar-refractivity contribution < 1.29 is 27.6 Å². The Balaban J connectivity index is 1.52. The fourth-order valence-electron chi connectivity index (χ4n) is 3.30. The summed E-state index contributed by atoms with van der Waals surface area (Å²) in [4.78, 5) is 38.1. The van der Waals surface area contributed by atoms with Gasteiger partial charge >= 0.3 is 6.18 Å². The van der Waals surface area contributed by atoms with Crippen LogP contribution in [0.15, 0.2) is 47.6 Å². The summed E-state index contributed by atoms with van der Waals surface area (Å²) < 4.78 is 39.4. The first-order valence-electron chi connectivity index (χ1n) is 9.34. The van der Waals surface area contributed by atoms with Gasteiger partial charge in [-0.2, -0.15) is 13.2 Å². The van der Waals surface area contributed by atoms with Crippen LogP contribution in [-0.2, 0) is 18.0 Å².